The van der Waals surface area contributed by atoms with E-state index < -0.39 is 5.41 Å². The van der Waals surface area contributed by atoms with Crippen LogP contribution >= 0.6 is 0 Å². The molecular weight excluding hydrogens is 307 g/mol. The molecule has 1 heterocycles. The second kappa shape index (κ2) is 4.07. The molecule has 1 aromatic rings. The second-order valence-corrected chi connectivity index (χ2v) is 9.00. The Morgan fingerprint density at radius 3 is 2.42 bits per heavy atom. The average molecular weight is 324 g/mol. The molecule has 0 fully saturated rings. The summed E-state index contributed by atoms with van der Waals surface area (Å²) in [7, 11) is 0. The standard InChI is InChI=1S/C13H17AsN2O3/c1-12(2)7-5-8(13(3,4)14)10(16(18)19)6-9(7)15-11(12)17/h5-6H,14H2,1-4H3,(H,15,17). The Kier molecular flexibility index (Phi) is 3.01. The summed E-state index contributed by atoms with van der Waals surface area (Å²) in [5.74, 6) is -0.117. The molecule has 1 unspecified atom stereocenters. The molecule has 1 aliphatic heterocycles. The molecule has 0 saturated heterocycles. The van der Waals surface area contributed by atoms with Crippen molar-refractivity contribution in [2.45, 2.75) is 37.3 Å². The summed E-state index contributed by atoms with van der Waals surface area (Å²) in [5, 5.41) is 13.9. The predicted octanol–water partition coefficient (Wildman–Crippen LogP) is 1.69. The molecule has 1 N–H and O–H groups in total. The van der Waals surface area contributed by atoms with E-state index in [0.717, 1.165) is 5.56 Å². The zero-order valence-electron chi connectivity index (χ0n) is 11.4. The van der Waals surface area contributed by atoms with Gasteiger partial charge >= 0.3 is 120 Å². The van der Waals surface area contributed by atoms with Gasteiger partial charge < -0.3 is 0 Å². The summed E-state index contributed by atoms with van der Waals surface area (Å²) in [6.45, 7) is 7.58. The van der Waals surface area contributed by atoms with E-state index in [1.54, 1.807) is 0 Å². The van der Waals surface area contributed by atoms with E-state index in [2.05, 4.69) is 5.32 Å². The number of benzene rings is 1. The molecule has 0 aliphatic carbocycles. The number of nitro groups is 1. The van der Waals surface area contributed by atoms with Crippen molar-refractivity contribution in [3.8, 4) is 0 Å². The van der Waals surface area contributed by atoms with Gasteiger partial charge in [-0.05, 0) is 0 Å². The maximum absolute atomic E-state index is 11.9. The first-order valence-electron chi connectivity index (χ1n) is 5.99. The monoisotopic (exact) mass is 324 g/mol. The molecule has 1 amide bonds. The SMILES string of the molecule is CC(C)([AsH2])c1cc2c(cc1[N+](=O)[O-])NC(=O)C2(C)C. The molecule has 102 valence electrons. The van der Waals surface area contributed by atoms with Crippen molar-refractivity contribution in [2.24, 2.45) is 0 Å². The van der Waals surface area contributed by atoms with E-state index >= 15 is 0 Å². The van der Waals surface area contributed by atoms with Gasteiger partial charge in [0.05, 0.1) is 0 Å². The van der Waals surface area contributed by atoms with Crippen LogP contribution in [0.15, 0.2) is 12.1 Å². The van der Waals surface area contributed by atoms with Crippen molar-refractivity contribution < 1.29 is 9.72 Å². The van der Waals surface area contributed by atoms with Crippen LogP contribution < -0.4 is 5.32 Å². The van der Waals surface area contributed by atoms with Crippen LogP contribution in [0.5, 0.6) is 0 Å². The Bertz CT molecular complexity index is 588. The zero-order chi connectivity index (χ0) is 14.6. The first kappa shape index (κ1) is 14.1. The van der Waals surface area contributed by atoms with E-state index in [-0.39, 0.29) is 20.7 Å². The number of carbonyl (C=O) groups is 1. The minimum absolute atomic E-state index is 0.0751. The quantitative estimate of drug-likeness (QED) is 0.511. The van der Waals surface area contributed by atoms with Crippen molar-refractivity contribution in [1.29, 1.82) is 0 Å². The third-order valence-corrected chi connectivity index (χ3v) is 4.17. The number of amides is 1. The Morgan fingerprint density at radius 1 is 1.37 bits per heavy atom. The van der Waals surface area contributed by atoms with Crippen LogP contribution in [-0.4, -0.2) is 27.7 Å². The second-order valence-electron chi connectivity index (χ2n) is 5.97. The average Bonchev–Trinajstić information content (AvgIpc) is 2.47. The summed E-state index contributed by atoms with van der Waals surface area (Å²) >= 11 is 1.42. The first-order chi connectivity index (χ1) is 8.55. The predicted molar refractivity (Wildman–Crippen MR) is 76.3 cm³/mol. The van der Waals surface area contributed by atoms with Crippen LogP contribution in [0.1, 0.15) is 38.8 Å². The molecular formula is C13H17AsN2O3. The molecule has 0 spiro atoms. The number of rotatable bonds is 2. The van der Waals surface area contributed by atoms with Crippen LogP contribution in [0.3, 0.4) is 0 Å². The fourth-order valence-electron chi connectivity index (χ4n) is 2.28. The van der Waals surface area contributed by atoms with Gasteiger partial charge in [0.15, 0.2) is 0 Å². The Balaban J connectivity index is 2.74. The fraction of sp³-hybridized carbons (Fsp3) is 0.462. The van der Waals surface area contributed by atoms with Gasteiger partial charge in [-0.1, -0.05) is 0 Å². The van der Waals surface area contributed by atoms with Crippen molar-refractivity contribution >= 4 is 34.1 Å². The summed E-state index contributed by atoms with van der Waals surface area (Å²) in [6.07, 6.45) is 0. The molecule has 0 aromatic heterocycles. The van der Waals surface area contributed by atoms with Gasteiger partial charge in [-0.3, -0.25) is 0 Å². The van der Waals surface area contributed by atoms with Gasteiger partial charge in [0.2, 0.25) is 0 Å². The zero-order valence-corrected chi connectivity index (χ0v) is 13.8. The molecule has 6 heteroatoms. The van der Waals surface area contributed by atoms with E-state index in [1.807, 2.05) is 33.8 Å². The number of nitro benzene ring substituents is 1. The van der Waals surface area contributed by atoms with Gasteiger partial charge in [0.25, 0.3) is 0 Å². The van der Waals surface area contributed by atoms with Crippen molar-refractivity contribution in [3.63, 3.8) is 0 Å². The van der Waals surface area contributed by atoms with Crippen LogP contribution in [0.25, 0.3) is 0 Å². The van der Waals surface area contributed by atoms with Gasteiger partial charge in [0.1, 0.15) is 0 Å². The van der Waals surface area contributed by atoms with Crippen LogP contribution in [-0.2, 0) is 14.4 Å². The Labute approximate surface area is 120 Å². The van der Waals surface area contributed by atoms with Gasteiger partial charge in [-0.15, -0.1) is 0 Å². The molecule has 19 heavy (non-hydrogen) atoms. The van der Waals surface area contributed by atoms with Crippen molar-refractivity contribution in [1.82, 2.24) is 0 Å². The van der Waals surface area contributed by atoms with E-state index in [1.165, 1.54) is 22.9 Å². The number of carbonyl (C=O) groups excluding carboxylic acids is 1. The van der Waals surface area contributed by atoms with Crippen molar-refractivity contribution in [2.75, 3.05) is 5.32 Å². The van der Waals surface area contributed by atoms with E-state index in [0.29, 0.717) is 11.3 Å². The van der Waals surface area contributed by atoms with Crippen LogP contribution in [0, 0.1) is 10.1 Å². The molecule has 5 nitrogen and oxygen atoms in total. The number of hydrogen-bond donors (Lipinski definition) is 1. The molecule has 1 aliphatic rings. The number of anilines is 1. The third kappa shape index (κ3) is 2.16. The van der Waals surface area contributed by atoms with E-state index in [9.17, 15) is 14.9 Å². The molecule has 1 atom stereocenters. The van der Waals surface area contributed by atoms with Crippen LogP contribution in [0.2, 0.25) is 0 Å². The minimum atomic E-state index is -0.641. The third-order valence-electron chi connectivity index (χ3n) is 3.52. The normalized spacial score (nSPS) is 17.0. The Morgan fingerprint density at radius 2 is 1.95 bits per heavy atom. The Hall–Kier alpha value is -1.35. The van der Waals surface area contributed by atoms with Gasteiger partial charge in [-0.25, -0.2) is 0 Å². The number of hydrogen-bond acceptors (Lipinski definition) is 3. The fourth-order valence-corrected chi connectivity index (χ4v) is 2.76. The molecule has 2 rings (SSSR count). The molecule has 0 saturated carbocycles. The first-order valence-corrected chi connectivity index (χ1v) is 7.20. The molecule has 0 bridgehead atoms. The summed E-state index contributed by atoms with van der Waals surface area (Å²) in [4.78, 5) is 22.7. The summed E-state index contributed by atoms with van der Waals surface area (Å²) in [6, 6.07) is 3.30. The van der Waals surface area contributed by atoms with E-state index in [4.69, 9.17) is 0 Å². The number of fused-ring (bicyclic) bond motifs is 1. The van der Waals surface area contributed by atoms with Gasteiger partial charge in [-0.2, -0.15) is 0 Å². The number of nitrogens with one attached hydrogen (secondary N) is 1. The molecule has 1 aromatic carbocycles. The van der Waals surface area contributed by atoms with Crippen LogP contribution in [0.4, 0.5) is 11.4 Å². The summed E-state index contributed by atoms with van der Waals surface area (Å²) < 4.78 is -0.286. The molecule has 0 radical (unpaired) electrons. The summed E-state index contributed by atoms with van der Waals surface area (Å²) in [5.41, 5.74) is 1.51. The van der Waals surface area contributed by atoms with Crippen molar-refractivity contribution in [3.05, 3.63) is 33.4 Å². The number of nitrogens with zero attached hydrogens (tertiary/aromatic N) is 1. The topological polar surface area (TPSA) is 72.2 Å². The maximum atomic E-state index is 11.9. The van der Waals surface area contributed by atoms with Gasteiger partial charge in [0, 0.05) is 0 Å².